The molecule has 0 spiro atoms. The second kappa shape index (κ2) is 12.3. The van der Waals surface area contributed by atoms with Gasteiger partial charge in [-0.15, -0.1) is 0 Å². The van der Waals surface area contributed by atoms with Crippen LogP contribution in [0.4, 0.5) is 13.2 Å². The Morgan fingerprint density at radius 1 is 1.21 bits per heavy atom. The van der Waals surface area contributed by atoms with Crippen molar-refractivity contribution in [1.82, 2.24) is 10.6 Å². The van der Waals surface area contributed by atoms with E-state index in [0.717, 1.165) is 12.3 Å². The van der Waals surface area contributed by atoms with Crippen molar-refractivity contribution in [1.29, 1.82) is 0 Å². The lowest BCUT2D eigenvalue weighted by atomic mass is 9.96. The first kappa shape index (κ1) is 28.3. The number of hydrogen-bond acceptors (Lipinski definition) is 7. The van der Waals surface area contributed by atoms with Gasteiger partial charge in [-0.1, -0.05) is 18.7 Å². The number of carbonyl (C=O) groups is 2. The molecule has 0 bridgehead atoms. The number of alkyl halides is 3. The largest absolute Gasteiger partial charge is 0.497 e. The van der Waals surface area contributed by atoms with E-state index < -0.39 is 29.1 Å². The van der Waals surface area contributed by atoms with Crippen LogP contribution in [0.5, 0.6) is 17.2 Å². The van der Waals surface area contributed by atoms with E-state index in [2.05, 4.69) is 22.2 Å². The fourth-order valence-corrected chi connectivity index (χ4v) is 3.60. The lowest BCUT2D eigenvalue weighted by Gasteiger charge is -2.27. The van der Waals surface area contributed by atoms with Crippen LogP contribution in [-0.4, -0.2) is 43.9 Å². The summed E-state index contributed by atoms with van der Waals surface area (Å²) in [6, 6.07) is 9.58. The average molecular weight is 533 g/mol. The predicted octanol–water partition coefficient (Wildman–Crippen LogP) is 3.45. The Kier molecular flexibility index (Phi) is 9.13. The summed E-state index contributed by atoms with van der Waals surface area (Å²) in [6.45, 7) is 3.76. The maximum atomic E-state index is 13.4. The Labute approximate surface area is 217 Å². The van der Waals surface area contributed by atoms with Gasteiger partial charge in [0.25, 0.3) is 5.91 Å². The van der Waals surface area contributed by atoms with Gasteiger partial charge in [-0.25, -0.2) is 0 Å². The first-order valence-corrected chi connectivity index (χ1v) is 11.4. The number of nitrogens with one attached hydrogen (secondary N) is 2. The van der Waals surface area contributed by atoms with E-state index in [1.807, 2.05) is 0 Å². The van der Waals surface area contributed by atoms with Gasteiger partial charge in [0, 0.05) is 38.2 Å². The second-order valence-corrected chi connectivity index (χ2v) is 8.21. The zero-order valence-corrected chi connectivity index (χ0v) is 20.5. The van der Waals surface area contributed by atoms with Gasteiger partial charge in [-0.3, -0.25) is 14.6 Å². The number of rotatable bonds is 10. The molecule has 202 valence electrons. The van der Waals surface area contributed by atoms with Gasteiger partial charge < -0.3 is 30.6 Å². The van der Waals surface area contributed by atoms with Gasteiger partial charge in [0.2, 0.25) is 5.91 Å². The molecule has 4 N–H and O–H groups in total. The molecule has 1 aliphatic rings. The van der Waals surface area contributed by atoms with E-state index >= 15 is 0 Å². The number of nitrogens with zero attached hydrogens (tertiary/aromatic N) is 1. The number of halogens is 3. The van der Waals surface area contributed by atoms with Gasteiger partial charge >= 0.3 is 6.18 Å². The predicted molar refractivity (Wildman–Crippen MR) is 134 cm³/mol. The van der Waals surface area contributed by atoms with Crippen LogP contribution in [-0.2, 0) is 27.0 Å². The number of hydrogen-bond donors (Lipinski definition) is 3. The lowest BCUT2D eigenvalue weighted by molar-refractivity contribution is -0.138. The number of ether oxygens (including phenoxy) is 3. The molecule has 3 rings (SSSR count). The topological polar surface area (TPSA) is 124 Å². The first-order valence-electron chi connectivity index (χ1n) is 11.4. The van der Waals surface area contributed by atoms with Gasteiger partial charge in [0.05, 0.1) is 19.3 Å². The quantitative estimate of drug-likeness (QED) is 0.318. The Morgan fingerprint density at radius 2 is 1.92 bits per heavy atom. The summed E-state index contributed by atoms with van der Waals surface area (Å²) in [7, 11) is 1.27. The van der Waals surface area contributed by atoms with E-state index in [-0.39, 0.29) is 49.0 Å². The SMILES string of the molecule is C=C/N=C\C(=C/N)C(=O)N[C@@]1(C(=O)NCc2ccc(Oc3ccc(OC)cc3C(F)(F)F)cc2)CCOC1. The second-order valence-electron chi connectivity index (χ2n) is 8.21. The molecule has 1 fully saturated rings. The highest BCUT2D eigenvalue weighted by Gasteiger charge is 2.44. The van der Waals surface area contributed by atoms with Gasteiger partial charge in [0.1, 0.15) is 28.4 Å². The summed E-state index contributed by atoms with van der Waals surface area (Å²) in [4.78, 5) is 29.4. The summed E-state index contributed by atoms with van der Waals surface area (Å²) < 4.78 is 56.0. The molecule has 2 amide bonds. The van der Waals surface area contributed by atoms with Crippen molar-refractivity contribution in [3.8, 4) is 17.2 Å². The van der Waals surface area contributed by atoms with Crippen molar-refractivity contribution >= 4 is 18.0 Å². The molecule has 0 radical (unpaired) electrons. The third-order valence-electron chi connectivity index (χ3n) is 5.67. The molecule has 1 aliphatic heterocycles. The van der Waals surface area contributed by atoms with Crippen molar-refractivity contribution in [2.75, 3.05) is 20.3 Å². The van der Waals surface area contributed by atoms with Crippen LogP contribution in [0.3, 0.4) is 0 Å². The molecule has 9 nitrogen and oxygen atoms in total. The first-order chi connectivity index (χ1) is 18.1. The molecule has 1 heterocycles. The number of aliphatic imine (C=N–C) groups is 1. The molecule has 38 heavy (non-hydrogen) atoms. The third kappa shape index (κ3) is 6.91. The highest BCUT2D eigenvalue weighted by atomic mass is 19.4. The zero-order chi connectivity index (χ0) is 27.8. The molecule has 12 heteroatoms. The fourth-order valence-electron chi connectivity index (χ4n) is 3.60. The van der Waals surface area contributed by atoms with E-state index in [1.165, 1.54) is 43.8 Å². The summed E-state index contributed by atoms with van der Waals surface area (Å²) in [5.74, 6) is -1.21. The molecule has 0 saturated carbocycles. The fraction of sp³-hybridized carbons (Fsp3) is 0.269. The molecule has 0 aliphatic carbocycles. The summed E-state index contributed by atoms with van der Waals surface area (Å²) >= 11 is 0. The minimum atomic E-state index is -4.64. The van der Waals surface area contributed by atoms with Crippen LogP contribution >= 0.6 is 0 Å². The number of nitrogens with two attached hydrogens (primary N) is 1. The van der Waals surface area contributed by atoms with Crippen LogP contribution in [0, 0.1) is 0 Å². The standard InChI is InChI=1S/C26H27F3N4O5/c1-3-31-15-18(13-30)23(34)33-25(10-11-37-16-25)24(35)32-14-17-4-6-19(7-5-17)38-22-9-8-20(36-2)12-21(22)26(27,28)29/h3-9,12-13,15H,1,10-11,14,16,30H2,2H3,(H,32,35)(H,33,34)/b18-13+,31-15-/t25-/m0/s1. The molecule has 2 aromatic carbocycles. The average Bonchev–Trinajstić information content (AvgIpc) is 3.37. The number of benzene rings is 2. The van der Waals surface area contributed by atoms with Crippen LogP contribution in [0.25, 0.3) is 0 Å². The van der Waals surface area contributed by atoms with Crippen LogP contribution < -0.4 is 25.8 Å². The third-order valence-corrected chi connectivity index (χ3v) is 5.67. The van der Waals surface area contributed by atoms with Crippen molar-refractivity contribution in [2.24, 2.45) is 10.7 Å². The Balaban J connectivity index is 1.66. The van der Waals surface area contributed by atoms with Gasteiger partial charge in [0.15, 0.2) is 0 Å². The molecular formula is C26H27F3N4O5. The number of amides is 2. The summed E-state index contributed by atoms with van der Waals surface area (Å²) in [6.07, 6.45) is -0.867. The van der Waals surface area contributed by atoms with Crippen molar-refractivity contribution in [3.05, 3.63) is 78.1 Å². The van der Waals surface area contributed by atoms with E-state index in [1.54, 1.807) is 12.1 Å². The number of carbonyl (C=O) groups excluding carboxylic acids is 2. The van der Waals surface area contributed by atoms with E-state index in [0.29, 0.717) is 5.56 Å². The monoisotopic (exact) mass is 532 g/mol. The molecule has 0 aromatic heterocycles. The molecule has 1 saturated heterocycles. The smallest absolute Gasteiger partial charge is 0.420 e. The van der Waals surface area contributed by atoms with Crippen molar-refractivity contribution < 1.29 is 37.0 Å². The van der Waals surface area contributed by atoms with E-state index in [4.69, 9.17) is 19.9 Å². The molecule has 0 unspecified atom stereocenters. The molecule has 1 atom stereocenters. The summed E-state index contributed by atoms with van der Waals surface area (Å²) in [5, 5.41) is 5.44. The highest BCUT2D eigenvalue weighted by Crippen LogP contribution is 2.40. The zero-order valence-electron chi connectivity index (χ0n) is 20.5. The van der Waals surface area contributed by atoms with Crippen molar-refractivity contribution in [3.63, 3.8) is 0 Å². The minimum Gasteiger partial charge on any atom is -0.497 e. The van der Waals surface area contributed by atoms with Gasteiger partial charge in [-0.05, 0) is 35.9 Å². The minimum absolute atomic E-state index is 0.0306. The maximum Gasteiger partial charge on any atom is 0.420 e. The number of methoxy groups -OCH3 is 1. The Hall–Kier alpha value is -4.32. The Morgan fingerprint density at radius 3 is 2.50 bits per heavy atom. The summed E-state index contributed by atoms with van der Waals surface area (Å²) in [5.41, 5.74) is 3.91. The van der Waals surface area contributed by atoms with Crippen LogP contribution in [0.15, 0.2) is 72.0 Å². The van der Waals surface area contributed by atoms with E-state index in [9.17, 15) is 22.8 Å². The highest BCUT2D eigenvalue weighted by molar-refractivity contribution is 6.13. The van der Waals surface area contributed by atoms with Gasteiger partial charge in [-0.2, -0.15) is 13.2 Å². The molecule has 2 aromatic rings. The lowest BCUT2D eigenvalue weighted by Crippen LogP contribution is -2.59. The van der Waals surface area contributed by atoms with Crippen LogP contribution in [0.2, 0.25) is 0 Å². The Bertz CT molecular complexity index is 1220. The normalized spacial score (nSPS) is 17.7. The van der Waals surface area contributed by atoms with Crippen molar-refractivity contribution in [2.45, 2.75) is 24.7 Å². The van der Waals surface area contributed by atoms with Crippen LogP contribution in [0.1, 0.15) is 17.5 Å². The molecular weight excluding hydrogens is 505 g/mol. The maximum absolute atomic E-state index is 13.4.